The molecule has 0 amide bonds. The Morgan fingerprint density at radius 2 is 1.02 bits per heavy atom. The average Bonchev–Trinajstić information content (AvgIpc) is 3.67. The van der Waals surface area contributed by atoms with Crippen molar-refractivity contribution in [3.05, 3.63) is 109 Å². The van der Waals surface area contributed by atoms with Crippen LogP contribution in [0.15, 0.2) is 118 Å². The van der Waals surface area contributed by atoms with Crippen molar-refractivity contribution in [1.29, 1.82) is 0 Å². The second-order valence-corrected chi connectivity index (χ2v) is 10.9. The molecule has 0 saturated heterocycles. The third-order valence-electron chi connectivity index (χ3n) is 7.48. The molecule has 0 bridgehead atoms. The molecule has 5 nitrogen and oxygen atoms in total. The molecule has 0 aliphatic carbocycles. The number of hydrogen-bond donors (Lipinski definition) is 0. The SMILES string of the molecule is c1cnc2oc3ccc(Oc4ccc5sc6ccc(-c7ccc8oc9ncccc9c8c7)cc6c5c4)cc3c2c1. The van der Waals surface area contributed by atoms with Gasteiger partial charge < -0.3 is 13.6 Å². The highest BCUT2D eigenvalue weighted by Crippen LogP contribution is 2.40. The third-order valence-corrected chi connectivity index (χ3v) is 8.63. The van der Waals surface area contributed by atoms with Gasteiger partial charge in [0.1, 0.15) is 22.7 Å². The first-order valence-electron chi connectivity index (χ1n) is 13.0. The van der Waals surface area contributed by atoms with Gasteiger partial charge >= 0.3 is 0 Å². The van der Waals surface area contributed by atoms with Crippen molar-refractivity contribution in [1.82, 2.24) is 9.97 Å². The maximum Gasteiger partial charge on any atom is 0.227 e. The molecule has 0 aliphatic rings. The number of thiophene rings is 1. The van der Waals surface area contributed by atoms with Crippen LogP contribution < -0.4 is 4.74 Å². The lowest BCUT2D eigenvalue weighted by Gasteiger charge is -2.06. The summed E-state index contributed by atoms with van der Waals surface area (Å²) in [6, 6.07) is 33.1. The molecule has 40 heavy (non-hydrogen) atoms. The molecule has 0 aliphatic heterocycles. The summed E-state index contributed by atoms with van der Waals surface area (Å²) in [7, 11) is 0. The van der Waals surface area contributed by atoms with Crippen molar-refractivity contribution in [2.24, 2.45) is 0 Å². The molecule has 0 fully saturated rings. The van der Waals surface area contributed by atoms with Gasteiger partial charge in [-0.2, -0.15) is 0 Å². The van der Waals surface area contributed by atoms with Crippen LogP contribution in [0.3, 0.4) is 0 Å². The Morgan fingerprint density at radius 3 is 1.75 bits per heavy atom. The van der Waals surface area contributed by atoms with E-state index < -0.39 is 0 Å². The van der Waals surface area contributed by atoms with Gasteiger partial charge in [0, 0.05) is 54.1 Å². The first-order chi connectivity index (χ1) is 19.8. The van der Waals surface area contributed by atoms with Crippen LogP contribution in [0, 0.1) is 0 Å². The number of hydrogen-bond acceptors (Lipinski definition) is 6. The van der Waals surface area contributed by atoms with Crippen molar-refractivity contribution in [3.8, 4) is 22.6 Å². The molecule has 0 atom stereocenters. The Hall–Kier alpha value is -5.20. The molecule has 5 aromatic heterocycles. The van der Waals surface area contributed by atoms with E-state index in [0.717, 1.165) is 55.3 Å². The van der Waals surface area contributed by atoms with Crippen molar-refractivity contribution in [2.75, 3.05) is 0 Å². The number of pyridine rings is 2. The van der Waals surface area contributed by atoms with Crippen LogP contribution >= 0.6 is 11.3 Å². The Labute approximate surface area is 230 Å². The summed E-state index contributed by atoms with van der Waals surface area (Å²) < 4.78 is 20.6. The van der Waals surface area contributed by atoms with Gasteiger partial charge in [-0.15, -0.1) is 11.3 Å². The molecule has 0 spiro atoms. The summed E-state index contributed by atoms with van der Waals surface area (Å²) in [4.78, 5) is 8.70. The monoisotopic (exact) mass is 534 g/mol. The zero-order valence-corrected chi connectivity index (χ0v) is 21.7. The summed E-state index contributed by atoms with van der Waals surface area (Å²) >= 11 is 1.79. The van der Waals surface area contributed by atoms with Crippen LogP contribution in [0.4, 0.5) is 0 Å². The fraction of sp³-hybridized carbons (Fsp3) is 0. The summed E-state index contributed by atoms with van der Waals surface area (Å²) in [6.45, 7) is 0. The van der Waals surface area contributed by atoms with Crippen LogP contribution in [0.2, 0.25) is 0 Å². The largest absolute Gasteiger partial charge is 0.457 e. The van der Waals surface area contributed by atoms with Crippen molar-refractivity contribution < 1.29 is 13.6 Å². The fourth-order valence-corrected chi connectivity index (χ4v) is 6.65. The Bertz CT molecular complexity index is 2430. The number of rotatable bonds is 3. The van der Waals surface area contributed by atoms with Gasteiger partial charge in [0.15, 0.2) is 0 Å². The molecule has 0 unspecified atom stereocenters. The Balaban J connectivity index is 1.13. The summed E-state index contributed by atoms with van der Waals surface area (Å²) in [5.74, 6) is 1.55. The fourth-order valence-electron chi connectivity index (χ4n) is 5.58. The minimum absolute atomic E-state index is 0.633. The van der Waals surface area contributed by atoms with E-state index in [1.165, 1.54) is 20.2 Å². The standard InChI is InChI=1S/C34H18N2O3S/c1-3-23-25-15-19(5-9-29(25)38-33(23)35-13-1)20-6-11-31-27(16-20)28-18-22(8-12-32(28)40-31)37-21-7-10-30-26(17-21)24-4-2-14-36-34(24)39-30/h1-18H. The molecule has 9 rings (SSSR count). The van der Waals surface area contributed by atoms with Crippen molar-refractivity contribution in [2.45, 2.75) is 0 Å². The number of benzene rings is 4. The Kier molecular flexibility index (Phi) is 4.42. The van der Waals surface area contributed by atoms with E-state index in [9.17, 15) is 0 Å². The van der Waals surface area contributed by atoms with Gasteiger partial charge in [-0.3, -0.25) is 0 Å². The molecule has 4 aromatic carbocycles. The first kappa shape index (κ1) is 21.7. The lowest BCUT2D eigenvalue weighted by molar-refractivity contribution is 0.484. The van der Waals surface area contributed by atoms with E-state index >= 15 is 0 Å². The predicted octanol–water partition coefficient (Wildman–Crippen LogP) is 10.1. The summed E-state index contributed by atoms with van der Waals surface area (Å²) in [6.07, 6.45) is 3.50. The van der Waals surface area contributed by atoms with E-state index in [2.05, 4.69) is 58.5 Å². The number of furan rings is 2. The van der Waals surface area contributed by atoms with Gasteiger partial charge in [0.25, 0.3) is 0 Å². The second-order valence-electron chi connectivity index (χ2n) is 9.86. The molecular weight excluding hydrogens is 516 g/mol. The van der Waals surface area contributed by atoms with Crippen LogP contribution in [0.5, 0.6) is 11.5 Å². The van der Waals surface area contributed by atoms with Crippen LogP contribution in [0.1, 0.15) is 0 Å². The van der Waals surface area contributed by atoms with E-state index in [-0.39, 0.29) is 0 Å². The topological polar surface area (TPSA) is 61.3 Å². The number of ether oxygens (including phenoxy) is 1. The third kappa shape index (κ3) is 3.26. The lowest BCUT2D eigenvalue weighted by atomic mass is 10.0. The number of nitrogens with zero attached hydrogens (tertiary/aromatic N) is 2. The highest BCUT2D eigenvalue weighted by atomic mass is 32.1. The summed E-state index contributed by atoms with van der Waals surface area (Å²) in [5.41, 5.74) is 5.24. The van der Waals surface area contributed by atoms with E-state index in [1.54, 1.807) is 23.7 Å². The Morgan fingerprint density at radius 1 is 0.500 bits per heavy atom. The van der Waals surface area contributed by atoms with Gasteiger partial charge in [-0.1, -0.05) is 12.1 Å². The molecular formula is C34H18N2O3S. The maximum atomic E-state index is 6.35. The summed E-state index contributed by atoms with van der Waals surface area (Å²) in [5, 5.41) is 6.46. The zero-order chi connectivity index (χ0) is 26.2. The van der Waals surface area contributed by atoms with Gasteiger partial charge in [-0.05, 0) is 96.1 Å². The van der Waals surface area contributed by atoms with Crippen molar-refractivity contribution >= 4 is 75.6 Å². The van der Waals surface area contributed by atoms with Gasteiger partial charge in [0.2, 0.25) is 11.4 Å². The van der Waals surface area contributed by atoms with Crippen molar-refractivity contribution in [3.63, 3.8) is 0 Å². The highest BCUT2D eigenvalue weighted by molar-refractivity contribution is 7.25. The quantitative estimate of drug-likeness (QED) is 0.226. The number of aromatic nitrogens is 2. The molecule has 9 aromatic rings. The van der Waals surface area contributed by atoms with E-state index in [0.29, 0.717) is 11.4 Å². The molecule has 0 N–H and O–H groups in total. The minimum Gasteiger partial charge on any atom is -0.457 e. The first-order valence-corrected chi connectivity index (χ1v) is 13.8. The van der Waals surface area contributed by atoms with Crippen LogP contribution in [-0.4, -0.2) is 9.97 Å². The van der Waals surface area contributed by atoms with Crippen LogP contribution in [0.25, 0.3) is 75.4 Å². The highest BCUT2D eigenvalue weighted by Gasteiger charge is 2.13. The molecule has 188 valence electrons. The second kappa shape index (κ2) is 8.15. The minimum atomic E-state index is 0.633. The maximum absolute atomic E-state index is 6.35. The molecule has 0 saturated carbocycles. The molecule has 6 heteroatoms. The smallest absolute Gasteiger partial charge is 0.227 e. The zero-order valence-electron chi connectivity index (χ0n) is 20.9. The van der Waals surface area contributed by atoms with Crippen LogP contribution in [-0.2, 0) is 0 Å². The normalized spacial score (nSPS) is 12.0. The van der Waals surface area contributed by atoms with Gasteiger partial charge in [-0.25, -0.2) is 9.97 Å². The average molecular weight is 535 g/mol. The molecule has 5 heterocycles. The number of fused-ring (bicyclic) bond motifs is 9. The predicted molar refractivity (Wildman–Crippen MR) is 161 cm³/mol. The van der Waals surface area contributed by atoms with Gasteiger partial charge in [0.05, 0.1) is 0 Å². The lowest BCUT2D eigenvalue weighted by Crippen LogP contribution is -1.83. The van der Waals surface area contributed by atoms with E-state index in [4.69, 9.17) is 13.6 Å². The van der Waals surface area contributed by atoms with E-state index in [1.807, 2.05) is 48.5 Å². The molecule has 0 radical (unpaired) electrons.